The molecule has 4 aliphatic carbocycles. The zero-order chi connectivity index (χ0) is 20.2. The number of hydrogen-bond acceptors (Lipinski definition) is 3. The second kappa shape index (κ2) is 7.38. The van der Waals surface area contributed by atoms with E-state index in [1.165, 1.54) is 32.1 Å². The number of rotatable bonds is 5. The van der Waals surface area contributed by atoms with Gasteiger partial charge in [0.05, 0.1) is 12.2 Å². The quantitative estimate of drug-likeness (QED) is 0.684. The van der Waals surface area contributed by atoms with E-state index in [2.05, 4.69) is 13.8 Å². The summed E-state index contributed by atoms with van der Waals surface area (Å²) in [5.41, 5.74) is 0.0404. The number of fused-ring (bicyclic) bond motifs is 5. The molecule has 0 amide bonds. The summed E-state index contributed by atoms with van der Waals surface area (Å²) in [5, 5.41) is 11.2. The average Bonchev–Trinajstić information content (AvgIpc) is 3.00. The van der Waals surface area contributed by atoms with Crippen LogP contribution in [-0.4, -0.2) is 30.2 Å². The van der Waals surface area contributed by atoms with Crippen LogP contribution in [0.4, 0.5) is 0 Å². The zero-order valence-electron chi connectivity index (χ0n) is 18.6. The van der Waals surface area contributed by atoms with E-state index >= 15 is 0 Å². The summed E-state index contributed by atoms with van der Waals surface area (Å²) in [7, 11) is 1.87. The molecule has 4 fully saturated rings. The first-order chi connectivity index (χ1) is 13.3. The molecule has 0 heterocycles. The summed E-state index contributed by atoms with van der Waals surface area (Å²) in [5.74, 6) is 3.51. The third-order valence-corrected chi connectivity index (χ3v) is 10.1. The van der Waals surface area contributed by atoms with Gasteiger partial charge in [0.15, 0.2) is 0 Å². The second-order valence-corrected chi connectivity index (χ2v) is 11.3. The van der Waals surface area contributed by atoms with E-state index in [0.717, 1.165) is 57.0 Å². The predicted octanol–water partition coefficient (Wildman–Crippen LogP) is 5.39. The standard InChI is InChI=1S/C25H42O3/c1-5-11-24(27)13-14-25(16-28-4)18(15-24)6-7-19-21-9-8-20(17(2)26)23(21,3)12-10-22(19)25/h18-22,27H,5-16H2,1-4H3/t18-,19+,20?,21+,22+,23-,24-,25-/m1/s1. The molecule has 3 heteroatoms. The average molecular weight is 391 g/mol. The van der Waals surface area contributed by atoms with Crippen molar-refractivity contribution in [3.8, 4) is 0 Å². The van der Waals surface area contributed by atoms with Gasteiger partial charge < -0.3 is 9.84 Å². The lowest BCUT2D eigenvalue weighted by molar-refractivity contribution is -0.179. The highest BCUT2D eigenvalue weighted by molar-refractivity contribution is 5.79. The maximum atomic E-state index is 12.3. The molecular weight excluding hydrogens is 348 g/mol. The van der Waals surface area contributed by atoms with Crippen molar-refractivity contribution >= 4 is 5.78 Å². The fraction of sp³-hybridized carbons (Fsp3) is 0.960. The minimum absolute atomic E-state index is 0.228. The number of carbonyl (C=O) groups excluding carboxylic acids is 1. The number of ketones is 1. The Bertz CT molecular complexity index is 603. The van der Waals surface area contributed by atoms with Crippen LogP contribution in [0.5, 0.6) is 0 Å². The molecule has 1 N–H and O–H groups in total. The molecule has 4 rings (SSSR count). The summed E-state index contributed by atoms with van der Waals surface area (Å²) in [6.07, 6.45) is 12.4. The number of ether oxygens (including phenoxy) is 1. The molecule has 0 spiro atoms. The van der Waals surface area contributed by atoms with Gasteiger partial charge >= 0.3 is 0 Å². The van der Waals surface area contributed by atoms with Gasteiger partial charge in [0.25, 0.3) is 0 Å². The van der Waals surface area contributed by atoms with E-state index in [1.807, 2.05) is 14.0 Å². The van der Waals surface area contributed by atoms with Crippen LogP contribution in [-0.2, 0) is 9.53 Å². The topological polar surface area (TPSA) is 46.5 Å². The van der Waals surface area contributed by atoms with Gasteiger partial charge in [-0.3, -0.25) is 4.79 Å². The molecule has 3 nitrogen and oxygen atoms in total. The van der Waals surface area contributed by atoms with E-state index in [4.69, 9.17) is 4.74 Å². The first kappa shape index (κ1) is 20.8. The minimum atomic E-state index is -0.445. The molecule has 0 bridgehead atoms. The minimum Gasteiger partial charge on any atom is -0.390 e. The number of methoxy groups -OCH3 is 1. The van der Waals surface area contributed by atoms with Crippen molar-refractivity contribution in [3.63, 3.8) is 0 Å². The summed E-state index contributed by atoms with van der Waals surface area (Å²) in [6, 6.07) is 0. The third kappa shape index (κ3) is 3.02. The van der Waals surface area contributed by atoms with Crippen molar-refractivity contribution in [1.82, 2.24) is 0 Å². The van der Waals surface area contributed by atoms with Crippen molar-refractivity contribution in [1.29, 1.82) is 0 Å². The van der Waals surface area contributed by atoms with Crippen molar-refractivity contribution in [3.05, 3.63) is 0 Å². The van der Waals surface area contributed by atoms with E-state index in [1.54, 1.807) is 0 Å². The smallest absolute Gasteiger partial charge is 0.133 e. The van der Waals surface area contributed by atoms with E-state index in [0.29, 0.717) is 17.6 Å². The van der Waals surface area contributed by atoms with Gasteiger partial charge in [0.2, 0.25) is 0 Å². The van der Waals surface area contributed by atoms with Gasteiger partial charge in [-0.05, 0) is 106 Å². The molecule has 0 radical (unpaired) electrons. The molecule has 8 atom stereocenters. The Labute approximate surface area is 172 Å². The summed E-state index contributed by atoms with van der Waals surface area (Å²) in [6.45, 7) is 7.31. The molecule has 4 aliphatic rings. The van der Waals surface area contributed by atoms with Gasteiger partial charge in [0, 0.05) is 13.0 Å². The van der Waals surface area contributed by atoms with Crippen molar-refractivity contribution in [2.45, 2.75) is 97.0 Å². The lowest BCUT2D eigenvalue weighted by atomic mass is 9.43. The normalized spacial score (nSPS) is 50.5. The predicted molar refractivity (Wildman–Crippen MR) is 112 cm³/mol. The van der Waals surface area contributed by atoms with Gasteiger partial charge in [-0.25, -0.2) is 0 Å². The lowest BCUT2D eigenvalue weighted by Crippen LogP contribution is -2.58. The summed E-state index contributed by atoms with van der Waals surface area (Å²) < 4.78 is 5.88. The molecule has 0 saturated heterocycles. The Balaban J connectivity index is 1.62. The number of carbonyl (C=O) groups is 1. The van der Waals surface area contributed by atoms with E-state index < -0.39 is 5.60 Å². The summed E-state index contributed by atoms with van der Waals surface area (Å²) >= 11 is 0. The van der Waals surface area contributed by atoms with Crippen LogP contribution in [0.25, 0.3) is 0 Å². The summed E-state index contributed by atoms with van der Waals surface area (Å²) in [4.78, 5) is 12.3. The van der Waals surface area contributed by atoms with Gasteiger partial charge in [0.1, 0.15) is 5.78 Å². The Morgan fingerprint density at radius 3 is 2.54 bits per heavy atom. The molecule has 4 saturated carbocycles. The van der Waals surface area contributed by atoms with Crippen LogP contribution >= 0.6 is 0 Å². The highest BCUT2D eigenvalue weighted by Crippen LogP contribution is 2.68. The maximum absolute atomic E-state index is 12.3. The first-order valence-corrected chi connectivity index (χ1v) is 12.0. The zero-order valence-corrected chi connectivity index (χ0v) is 18.6. The van der Waals surface area contributed by atoms with Gasteiger partial charge in [-0.2, -0.15) is 0 Å². The van der Waals surface area contributed by atoms with Crippen LogP contribution in [0.2, 0.25) is 0 Å². The van der Waals surface area contributed by atoms with Crippen LogP contribution in [0.3, 0.4) is 0 Å². The third-order valence-electron chi connectivity index (χ3n) is 10.1. The molecular formula is C25H42O3. The Morgan fingerprint density at radius 1 is 1.07 bits per heavy atom. The van der Waals surface area contributed by atoms with Crippen molar-refractivity contribution < 1.29 is 14.6 Å². The monoisotopic (exact) mass is 390 g/mol. The highest BCUT2D eigenvalue weighted by Gasteiger charge is 2.63. The second-order valence-electron chi connectivity index (χ2n) is 11.3. The largest absolute Gasteiger partial charge is 0.390 e. The van der Waals surface area contributed by atoms with E-state index in [9.17, 15) is 9.90 Å². The number of aliphatic hydroxyl groups is 1. The Hall–Kier alpha value is -0.410. The molecule has 0 aromatic heterocycles. The SMILES string of the molecule is CCC[C@@]1(O)CC[C@@]2(COC)[C@H](CC[C@@H]3[C@@H]2CC[C@]2(C)C(C(C)=O)CC[C@@H]32)C1. The molecule has 0 aliphatic heterocycles. The molecule has 28 heavy (non-hydrogen) atoms. The van der Waals surface area contributed by atoms with Crippen LogP contribution < -0.4 is 0 Å². The molecule has 0 aromatic carbocycles. The first-order valence-electron chi connectivity index (χ1n) is 12.0. The lowest BCUT2D eigenvalue weighted by Gasteiger charge is -2.62. The van der Waals surface area contributed by atoms with Crippen LogP contribution in [0.15, 0.2) is 0 Å². The van der Waals surface area contributed by atoms with Gasteiger partial charge in [-0.1, -0.05) is 20.3 Å². The van der Waals surface area contributed by atoms with Crippen LogP contribution in [0, 0.1) is 40.4 Å². The Morgan fingerprint density at radius 2 is 1.86 bits per heavy atom. The van der Waals surface area contributed by atoms with Crippen molar-refractivity contribution in [2.75, 3.05) is 13.7 Å². The Kier molecular flexibility index (Phi) is 5.49. The molecule has 1 unspecified atom stereocenters. The molecule has 0 aromatic rings. The molecule has 160 valence electrons. The van der Waals surface area contributed by atoms with E-state index in [-0.39, 0.29) is 16.7 Å². The fourth-order valence-corrected chi connectivity index (χ4v) is 9.03. The highest BCUT2D eigenvalue weighted by atomic mass is 16.5. The fourth-order valence-electron chi connectivity index (χ4n) is 9.03. The number of hydrogen-bond donors (Lipinski definition) is 1. The maximum Gasteiger partial charge on any atom is 0.133 e. The van der Waals surface area contributed by atoms with Crippen LogP contribution in [0.1, 0.15) is 91.4 Å². The number of Topliss-reactive ketones (excluding diaryl/α,β-unsaturated/α-hetero) is 1. The van der Waals surface area contributed by atoms with Gasteiger partial charge in [-0.15, -0.1) is 0 Å². The van der Waals surface area contributed by atoms with Crippen molar-refractivity contribution in [2.24, 2.45) is 40.4 Å².